The lowest BCUT2D eigenvalue weighted by Gasteiger charge is -2.18. The van der Waals surface area contributed by atoms with Crippen molar-refractivity contribution in [2.75, 3.05) is 5.32 Å². The molecule has 1 aromatic rings. The number of nitrogens with one attached hydrogen (secondary N) is 1. The van der Waals surface area contributed by atoms with Gasteiger partial charge in [0.2, 0.25) is 5.91 Å². The second-order valence-electron chi connectivity index (χ2n) is 4.48. The van der Waals surface area contributed by atoms with E-state index in [-0.39, 0.29) is 16.8 Å². The molecule has 0 aromatic heterocycles. The van der Waals surface area contributed by atoms with Gasteiger partial charge in [-0.3, -0.25) is 4.79 Å². The minimum atomic E-state index is -0.425. The van der Waals surface area contributed by atoms with E-state index in [2.05, 4.69) is 5.32 Å². The van der Waals surface area contributed by atoms with E-state index in [1.165, 1.54) is 0 Å². The van der Waals surface area contributed by atoms with Crippen LogP contribution in [0.3, 0.4) is 0 Å². The molecule has 0 heterocycles. The first-order chi connectivity index (χ1) is 7.91. The van der Waals surface area contributed by atoms with Crippen LogP contribution >= 0.6 is 12.2 Å². The van der Waals surface area contributed by atoms with Gasteiger partial charge < -0.3 is 11.1 Å². The number of benzene rings is 1. The van der Waals surface area contributed by atoms with Crippen LogP contribution in [0.4, 0.5) is 5.69 Å². The number of hydrogen-bond donors (Lipinski definition) is 2. The second kappa shape index (κ2) is 5.77. The Bertz CT molecular complexity index is 412. The van der Waals surface area contributed by atoms with Crippen molar-refractivity contribution in [3.8, 4) is 0 Å². The fraction of sp³-hybridized carbons (Fsp3) is 0.385. The minimum Gasteiger partial charge on any atom is -0.393 e. The summed E-state index contributed by atoms with van der Waals surface area (Å²) in [5.41, 5.74) is 7.50. The van der Waals surface area contributed by atoms with Crippen molar-refractivity contribution in [3.05, 3.63) is 29.8 Å². The van der Waals surface area contributed by atoms with Crippen LogP contribution in [0.25, 0.3) is 0 Å². The minimum absolute atomic E-state index is 0.0953. The molecule has 0 aliphatic heterocycles. The summed E-state index contributed by atoms with van der Waals surface area (Å²) in [6.07, 6.45) is 0. The van der Waals surface area contributed by atoms with Gasteiger partial charge in [-0.1, -0.05) is 43.8 Å². The molecule has 0 bridgehead atoms. The number of carbonyl (C=O) groups excluding carboxylic acids is 1. The molecule has 0 spiro atoms. The van der Waals surface area contributed by atoms with Crippen LogP contribution in [0.5, 0.6) is 0 Å². The largest absolute Gasteiger partial charge is 0.393 e. The molecule has 0 saturated heterocycles. The van der Waals surface area contributed by atoms with Crippen molar-refractivity contribution in [1.82, 2.24) is 0 Å². The van der Waals surface area contributed by atoms with Crippen molar-refractivity contribution in [3.63, 3.8) is 0 Å². The molecule has 0 aliphatic carbocycles. The van der Waals surface area contributed by atoms with Crippen LogP contribution in [-0.4, -0.2) is 10.9 Å². The first kappa shape index (κ1) is 13.6. The lowest BCUT2D eigenvalue weighted by atomic mass is 9.95. The van der Waals surface area contributed by atoms with Crippen LogP contribution in [-0.2, 0) is 4.79 Å². The normalized spacial score (nSPS) is 12.2. The molecular formula is C13H18N2OS. The zero-order valence-corrected chi connectivity index (χ0v) is 11.2. The number of aryl methyl sites for hydroxylation is 1. The number of thiocarbonyl (C=S) groups is 1. The molecule has 1 aromatic carbocycles. The van der Waals surface area contributed by atoms with E-state index in [0.717, 1.165) is 11.3 Å². The summed E-state index contributed by atoms with van der Waals surface area (Å²) in [5, 5.41) is 2.83. The quantitative estimate of drug-likeness (QED) is 0.807. The van der Waals surface area contributed by atoms with Gasteiger partial charge in [0, 0.05) is 5.69 Å². The first-order valence-corrected chi connectivity index (χ1v) is 5.99. The third-order valence-corrected chi connectivity index (χ3v) is 2.83. The lowest BCUT2D eigenvalue weighted by molar-refractivity contribution is -0.118. The Balaban J connectivity index is 2.77. The maximum atomic E-state index is 12.0. The van der Waals surface area contributed by atoms with E-state index in [4.69, 9.17) is 18.0 Å². The number of amides is 1. The van der Waals surface area contributed by atoms with E-state index in [0.29, 0.717) is 0 Å². The second-order valence-corrected chi connectivity index (χ2v) is 4.95. The Morgan fingerprint density at radius 3 is 2.24 bits per heavy atom. The fourth-order valence-corrected chi connectivity index (χ4v) is 2.00. The molecule has 0 aliphatic rings. The standard InChI is InChI=1S/C13H18N2OS/c1-8(2)11(12(14)17)13(16)15-10-6-4-9(3)5-7-10/h4-8,11H,1-3H3,(H2,14,17)(H,15,16). The Hall–Kier alpha value is -1.42. The summed E-state index contributed by atoms with van der Waals surface area (Å²) in [6, 6.07) is 7.62. The van der Waals surface area contributed by atoms with Crippen molar-refractivity contribution >= 4 is 28.8 Å². The Morgan fingerprint density at radius 2 is 1.82 bits per heavy atom. The maximum Gasteiger partial charge on any atom is 0.234 e. The Kier molecular flexibility index (Phi) is 4.63. The smallest absolute Gasteiger partial charge is 0.234 e. The first-order valence-electron chi connectivity index (χ1n) is 5.58. The zero-order valence-electron chi connectivity index (χ0n) is 10.4. The SMILES string of the molecule is Cc1ccc(NC(=O)C(C(N)=S)C(C)C)cc1. The molecular weight excluding hydrogens is 232 g/mol. The predicted molar refractivity (Wildman–Crippen MR) is 74.9 cm³/mol. The average Bonchev–Trinajstić information content (AvgIpc) is 2.20. The molecule has 0 fully saturated rings. The van der Waals surface area contributed by atoms with Gasteiger partial charge in [-0.25, -0.2) is 0 Å². The van der Waals surface area contributed by atoms with Gasteiger partial charge in [0.1, 0.15) is 0 Å². The van der Waals surface area contributed by atoms with E-state index < -0.39 is 5.92 Å². The average molecular weight is 250 g/mol. The van der Waals surface area contributed by atoms with Gasteiger partial charge in [-0.2, -0.15) is 0 Å². The van der Waals surface area contributed by atoms with Crippen LogP contribution < -0.4 is 11.1 Å². The lowest BCUT2D eigenvalue weighted by Crippen LogP contribution is -2.36. The highest BCUT2D eigenvalue weighted by Gasteiger charge is 2.24. The van der Waals surface area contributed by atoms with Gasteiger partial charge in [0.25, 0.3) is 0 Å². The molecule has 17 heavy (non-hydrogen) atoms. The van der Waals surface area contributed by atoms with Crippen molar-refractivity contribution < 1.29 is 4.79 Å². The molecule has 3 nitrogen and oxygen atoms in total. The number of rotatable bonds is 4. The molecule has 1 rings (SSSR count). The summed E-state index contributed by atoms with van der Waals surface area (Å²) < 4.78 is 0. The van der Waals surface area contributed by atoms with Crippen molar-refractivity contribution in [1.29, 1.82) is 0 Å². The molecule has 0 saturated carbocycles. The van der Waals surface area contributed by atoms with Crippen LogP contribution in [0.2, 0.25) is 0 Å². The van der Waals surface area contributed by atoms with Gasteiger partial charge in [0.15, 0.2) is 0 Å². The monoisotopic (exact) mass is 250 g/mol. The summed E-state index contributed by atoms with van der Waals surface area (Å²) in [7, 11) is 0. The summed E-state index contributed by atoms with van der Waals surface area (Å²) in [5.74, 6) is -0.472. The number of carbonyl (C=O) groups is 1. The number of nitrogens with two attached hydrogens (primary N) is 1. The third kappa shape index (κ3) is 3.82. The van der Waals surface area contributed by atoms with Gasteiger partial charge in [-0.05, 0) is 25.0 Å². The number of hydrogen-bond acceptors (Lipinski definition) is 2. The summed E-state index contributed by atoms with van der Waals surface area (Å²) in [4.78, 5) is 12.2. The van der Waals surface area contributed by atoms with Gasteiger partial charge in [0.05, 0.1) is 10.9 Å². The molecule has 1 unspecified atom stereocenters. The molecule has 1 atom stereocenters. The van der Waals surface area contributed by atoms with Crippen molar-refractivity contribution in [2.24, 2.45) is 17.6 Å². The predicted octanol–water partition coefficient (Wildman–Crippen LogP) is 2.49. The van der Waals surface area contributed by atoms with Gasteiger partial charge in [-0.15, -0.1) is 0 Å². The summed E-state index contributed by atoms with van der Waals surface area (Å²) >= 11 is 4.92. The molecule has 3 N–H and O–H groups in total. The third-order valence-electron chi connectivity index (χ3n) is 2.57. The topological polar surface area (TPSA) is 55.1 Å². The summed E-state index contributed by atoms with van der Waals surface area (Å²) in [6.45, 7) is 5.86. The molecule has 0 radical (unpaired) electrons. The number of anilines is 1. The van der Waals surface area contributed by atoms with Crippen molar-refractivity contribution in [2.45, 2.75) is 20.8 Å². The van der Waals surface area contributed by atoms with Gasteiger partial charge >= 0.3 is 0 Å². The Labute approximate surface area is 107 Å². The highest BCUT2D eigenvalue weighted by molar-refractivity contribution is 7.80. The molecule has 92 valence electrons. The zero-order chi connectivity index (χ0) is 13.0. The highest BCUT2D eigenvalue weighted by Crippen LogP contribution is 2.15. The highest BCUT2D eigenvalue weighted by atomic mass is 32.1. The van der Waals surface area contributed by atoms with E-state index in [9.17, 15) is 4.79 Å². The fourth-order valence-electron chi connectivity index (χ4n) is 1.62. The molecule has 1 amide bonds. The van der Waals surface area contributed by atoms with Crippen LogP contribution in [0.15, 0.2) is 24.3 Å². The van der Waals surface area contributed by atoms with E-state index in [1.54, 1.807) is 0 Å². The van der Waals surface area contributed by atoms with Crippen LogP contribution in [0.1, 0.15) is 19.4 Å². The maximum absolute atomic E-state index is 12.0. The van der Waals surface area contributed by atoms with E-state index >= 15 is 0 Å². The Morgan fingerprint density at radius 1 is 1.29 bits per heavy atom. The molecule has 4 heteroatoms. The van der Waals surface area contributed by atoms with E-state index in [1.807, 2.05) is 45.0 Å². The van der Waals surface area contributed by atoms with Crippen LogP contribution in [0, 0.1) is 18.8 Å².